The van der Waals surface area contributed by atoms with Crippen molar-refractivity contribution in [2.75, 3.05) is 5.32 Å². The zero-order chi connectivity index (χ0) is 16.1. The van der Waals surface area contributed by atoms with E-state index in [0.29, 0.717) is 11.5 Å². The Morgan fingerprint density at radius 3 is 2.91 bits per heavy atom. The first-order valence-corrected chi connectivity index (χ1v) is 8.86. The Labute approximate surface area is 139 Å². The third kappa shape index (κ3) is 2.39. The highest BCUT2D eigenvalue weighted by atomic mass is 32.1. The predicted molar refractivity (Wildman–Crippen MR) is 92.2 cm³/mol. The molecule has 0 radical (unpaired) electrons. The molecule has 0 saturated carbocycles. The Morgan fingerprint density at radius 1 is 1.30 bits per heavy atom. The van der Waals surface area contributed by atoms with E-state index in [1.165, 1.54) is 10.4 Å². The molecule has 2 unspecified atom stereocenters. The maximum absolute atomic E-state index is 12.6. The van der Waals surface area contributed by atoms with Gasteiger partial charge in [0.15, 0.2) is 0 Å². The number of rotatable bonds is 1. The minimum Gasteiger partial charge on any atom is -0.508 e. The minimum atomic E-state index is -0.381. The molecular weight excluding hydrogens is 308 g/mol. The lowest BCUT2D eigenvalue weighted by molar-refractivity contribution is 0.0935. The third-order valence-corrected chi connectivity index (χ3v) is 5.97. The number of aryl methyl sites for hydroxylation is 1. The molecule has 2 atom stereocenters. The first kappa shape index (κ1) is 14.6. The van der Waals surface area contributed by atoms with E-state index in [-0.39, 0.29) is 17.8 Å². The van der Waals surface area contributed by atoms with Gasteiger partial charge in [-0.1, -0.05) is 19.1 Å². The van der Waals surface area contributed by atoms with Gasteiger partial charge in [-0.25, -0.2) is 0 Å². The number of carbonyl (C=O) groups excluding carboxylic acids is 1. The predicted octanol–water partition coefficient (Wildman–Crippen LogP) is 3.74. The molecule has 0 spiro atoms. The van der Waals surface area contributed by atoms with E-state index in [1.807, 2.05) is 19.1 Å². The molecule has 1 aliphatic heterocycles. The molecule has 2 aromatic rings. The minimum absolute atomic E-state index is 0.0317. The first-order chi connectivity index (χ1) is 11.0. The van der Waals surface area contributed by atoms with E-state index in [9.17, 15) is 9.90 Å². The number of benzene rings is 1. The quantitative estimate of drug-likeness (QED) is 0.747. The molecule has 1 aliphatic carbocycles. The summed E-state index contributed by atoms with van der Waals surface area (Å²) in [4.78, 5) is 14.0. The van der Waals surface area contributed by atoms with Crippen LogP contribution in [-0.4, -0.2) is 11.0 Å². The molecule has 1 aromatic heterocycles. The fourth-order valence-electron chi connectivity index (χ4n) is 3.52. The third-order valence-electron chi connectivity index (χ3n) is 4.79. The largest absolute Gasteiger partial charge is 0.508 e. The maximum atomic E-state index is 12.6. The van der Waals surface area contributed by atoms with Crippen molar-refractivity contribution in [1.29, 1.82) is 0 Å². The van der Waals surface area contributed by atoms with Gasteiger partial charge in [0.2, 0.25) is 0 Å². The van der Waals surface area contributed by atoms with E-state index in [2.05, 4.69) is 17.6 Å². The summed E-state index contributed by atoms with van der Waals surface area (Å²) < 4.78 is 0. The summed E-state index contributed by atoms with van der Waals surface area (Å²) in [7, 11) is 0. The van der Waals surface area contributed by atoms with E-state index in [1.54, 1.807) is 17.4 Å². The highest BCUT2D eigenvalue weighted by molar-refractivity contribution is 7.16. The van der Waals surface area contributed by atoms with Crippen LogP contribution in [0.5, 0.6) is 5.75 Å². The summed E-state index contributed by atoms with van der Waals surface area (Å²) in [6.07, 6.45) is 2.81. The van der Waals surface area contributed by atoms with Crippen LogP contribution < -0.4 is 10.6 Å². The van der Waals surface area contributed by atoms with Gasteiger partial charge >= 0.3 is 0 Å². The van der Waals surface area contributed by atoms with Gasteiger partial charge in [0, 0.05) is 10.4 Å². The van der Waals surface area contributed by atoms with Crippen molar-refractivity contribution >= 4 is 22.2 Å². The van der Waals surface area contributed by atoms with E-state index < -0.39 is 0 Å². The molecule has 3 N–H and O–H groups in total. The van der Waals surface area contributed by atoms with Gasteiger partial charge < -0.3 is 15.7 Å². The van der Waals surface area contributed by atoms with Gasteiger partial charge in [0.25, 0.3) is 5.91 Å². The van der Waals surface area contributed by atoms with Crippen LogP contribution >= 0.6 is 11.3 Å². The first-order valence-electron chi connectivity index (χ1n) is 8.04. The molecule has 2 aliphatic rings. The van der Waals surface area contributed by atoms with Crippen molar-refractivity contribution < 1.29 is 9.90 Å². The Bertz CT molecular complexity index is 797. The molecule has 5 heteroatoms. The number of carbonyl (C=O) groups is 1. The summed E-state index contributed by atoms with van der Waals surface area (Å²) in [5, 5.41) is 17.5. The van der Waals surface area contributed by atoms with E-state index in [0.717, 1.165) is 35.4 Å². The second-order valence-electron chi connectivity index (χ2n) is 6.67. The van der Waals surface area contributed by atoms with Gasteiger partial charge in [-0.05, 0) is 49.3 Å². The standard InChI is InChI=1S/C18H20N2O2S/c1-9-3-5-11(13(21)7-9)16-19-17(22)15-12-6-4-10(2)8-14(12)23-18(15)20-16/h3,5,7,10,16,20-21H,4,6,8H2,1-2H3,(H,19,22). The Kier molecular flexibility index (Phi) is 3.34. The van der Waals surface area contributed by atoms with Gasteiger partial charge in [0.05, 0.1) is 5.56 Å². The zero-order valence-corrected chi connectivity index (χ0v) is 14.1. The highest BCUT2D eigenvalue weighted by Crippen LogP contribution is 2.43. The number of thiophene rings is 1. The van der Waals surface area contributed by atoms with E-state index >= 15 is 0 Å². The van der Waals surface area contributed by atoms with Gasteiger partial charge in [-0.2, -0.15) is 0 Å². The van der Waals surface area contributed by atoms with Gasteiger partial charge in [-0.3, -0.25) is 4.79 Å². The van der Waals surface area contributed by atoms with Crippen LogP contribution in [0, 0.1) is 12.8 Å². The van der Waals surface area contributed by atoms with Crippen LogP contribution in [0.25, 0.3) is 0 Å². The Balaban J connectivity index is 1.71. The fourth-order valence-corrected chi connectivity index (χ4v) is 4.95. The number of amides is 1. The van der Waals surface area contributed by atoms with Crippen molar-refractivity contribution in [1.82, 2.24) is 5.32 Å². The zero-order valence-electron chi connectivity index (χ0n) is 13.3. The van der Waals surface area contributed by atoms with Crippen molar-refractivity contribution in [2.24, 2.45) is 5.92 Å². The van der Waals surface area contributed by atoms with Crippen molar-refractivity contribution in [3.8, 4) is 5.75 Å². The van der Waals surface area contributed by atoms with Crippen LogP contribution in [0.1, 0.15) is 51.4 Å². The number of nitrogens with one attached hydrogen (secondary N) is 2. The van der Waals surface area contributed by atoms with Crippen LogP contribution in [0.2, 0.25) is 0 Å². The van der Waals surface area contributed by atoms with E-state index in [4.69, 9.17) is 0 Å². The average molecular weight is 328 g/mol. The summed E-state index contributed by atoms with van der Waals surface area (Å²) in [5.41, 5.74) is 3.74. The molecule has 0 bridgehead atoms. The molecular formula is C18H20N2O2S. The van der Waals surface area contributed by atoms with Crippen LogP contribution in [0.4, 0.5) is 5.00 Å². The summed E-state index contributed by atoms with van der Waals surface area (Å²) in [6, 6.07) is 5.53. The molecule has 2 heterocycles. The topological polar surface area (TPSA) is 61.4 Å². The van der Waals surface area contributed by atoms with Crippen LogP contribution in [0.15, 0.2) is 18.2 Å². The number of fused-ring (bicyclic) bond motifs is 3. The van der Waals surface area contributed by atoms with Gasteiger partial charge in [0.1, 0.15) is 16.9 Å². The lowest BCUT2D eigenvalue weighted by Crippen LogP contribution is -2.38. The van der Waals surface area contributed by atoms with Crippen LogP contribution in [0.3, 0.4) is 0 Å². The normalized spacial score (nSPS) is 22.8. The summed E-state index contributed by atoms with van der Waals surface area (Å²) >= 11 is 1.70. The number of hydrogen-bond donors (Lipinski definition) is 3. The molecule has 23 heavy (non-hydrogen) atoms. The SMILES string of the molecule is Cc1ccc(C2NC(=O)c3c(sc4c3CCC(C)C4)N2)c(O)c1. The van der Waals surface area contributed by atoms with Gasteiger partial charge in [-0.15, -0.1) is 11.3 Å². The Hall–Kier alpha value is -2.01. The molecule has 0 fully saturated rings. The lowest BCUT2D eigenvalue weighted by atomic mass is 9.88. The second kappa shape index (κ2) is 5.27. The number of phenols is 1. The number of phenolic OH excluding ortho intramolecular Hbond substituents is 1. The molecule has 1 amide bonds. The number of aromatic hydroxyl groups is 1. The van der Waals surface area contributed by atoms with Crippen LogP contribution in [-0.2, 0) is 12.8 Å². The number of hydrogen-bond acceptors (Lipinski definition) is 4. The van der Waals surface area contributed by atoms with Crippen molar-refractivity contribution in [3.63, 3.8) is 0 Å². The summed E-state index contributed by atoms with van der Waals surface area (Å²) in [6.45, 7) is 4.20. The number of anilines is 1. The molecule has 4 nitrogen and oxygen atoms in total. The molecule has 0 saturated heterocycles. The monoisotopic (exact) mass is 328 g/mol. The Morgan fingerprint density at radius 2 is 2.13 bits per heavy atom. The molecule has 1 aromatic carbocycles. The lowest BCUT2D eigenvalue weighted by Gasteiger charge is -2.27. The maximum Gasteiger partial charge on any atom is 0.256 e. The molecule has 120 valence electrons. The summed E-state index contributed by atoms with van der Waals surface area (Å²) in [5.74, 6) is 0.861. The average Bonchev–Trinajstić information content (AvgIpc) is 2.84. The molecule has 4 rings (SSSR count). The fraction of sp³-hybridized carbons (Fsp3) is 0.389. The second-order valence-corrected chi connectivity index (χ2v) is 7.77. The highest BCUT2D eigenvalue weighted by Gasteiger charge is 2.33. The van der Waals surface area contributed by atoms with Crippen molar-refractivity contribution in [2.45, 2.75) is 39.3 Å². The smallest absolute Gasteiger partial charge is 0.256 e. The van der Waals surface area contributed by atoms with Crippen molar-refractivity contribution in [3.05, 3.63) is 45.3 Å².